The molecule has 2 aliphatic rings. The molecule has 0 aromatic heterocycles. The second-order valence-electron chi connectivity index (χ2n) is 7.58. The van der Waals surface area contributed by atoms with Crippen LogP contribution in [-0.2, 0) is 15.9 Å². The van der Waals surface area contributed by atoms with Gasteiger partial charge in [0.1, 0.15) is 5.75 Å². The molecule has 0 spiro atoms. The van der Waals surface area contributed by atoms with Crippen molar-refractivity contribution in [2.45, 2.75) is 25.8 Å². The number of hydrogen-bond acceptors (Lipinski definition) is 5. The van der Waals surface area contributed by atoms with E-state index in [0.29, 0.717) is 12.0 Å². The fourth-order valence-corrected chi connectivity index (χ4v) is 3.97. The van der Waals surface area contributed by atoms with Gasteiger partial charge in [0.2, 0.25) is 0 Å². The van der Waals surface area contributed by atoms with Crippen LogP contribution >= 0.6 is 0 Å². The highest BCUT2D eigenvalue weighted by Gasteiger charge is 2.31. The topological polar surface area (TPSA) is 67.4 Å². The highest BCUT2D eigenvalue weighted by molar-refractivity contribution is 5.79. The van der Waals surface area contributed by atoms with Crippen molar-refractivity contribution in [2.24, 2.45) is 10.9 Å². The number of benzene rings is 1. The van der Waals surface area contributed by atoms with Crippen molar-refractivity contribution >= 4 is 5.96 Å². The molecule has 0 amide bonds. The van der Waals surface area contributed by atoms with E-state index in [0.717, 1.165) is 83.7 Å². The van der Waals surface area contributed by atoms with Crippen LogP contribution in [0.1, 0.15) is 18.9 Å². The normalized spacial score (nSPS) is 21.7. The zero-order chi connectivity index (χ0) is 20.3. The molecule has 7 nitrogen and oxygen atoms in total. The molecule has 2 heterocycles. The number of methoxy groups -OCH3 is 1. The molecule has 2 atom stereocenters. The van der Waals surface area contributed by atoms with Crippen molar-refractivity contribution in [3.63, 3.8) is 0 Å². The minimum Gasteiger partial charge on any atom is -0.497 e. The molecule has 0 saturated carbocycles. The van der Waals surface area contributed by atoms with Crippen LogP contribution in [0.4, 0.5) is 0 Å². The Hall–Kier alpha value is -1.83. The molecular weight excluding hydrogens is 368 g/mol. The molecule has 2 aliphatic heterocycles. The van der Waals surface area contributed by atoms with Crippen LogP contribution in [-0.4, -0.2) is 83.2 Å². The summed E-state index contributed by atoms with van der Waals surface area (Å²) in [4.78, 5) is 7.46. The number of ether oxygens (including phenoxy) is 3. The zero-order valence-electron chi connectivity index (χ0n) is 17.9. The van der Waals surface area contributed by atoms with Gasteiger partial charge in [0, 0.05) is 44.7 Å². The third-order valence-corrected chi connectivity index (χ3v) is 5.67. The molecule has 2 saturated heterocycles. The summed E-state index contributed by atoms with van der Waals surface area (Å²) in [6, 6.07) is 8.65. The van der Waals surface area contributed by atoms with E-state index in [1.54, 1.807) is 7.11 Å². The number of guanidine groups is 1. The first-order valence-electron chi connectivity index (χ1n) is 10.8. The van der Waals surface area contributed by atoms with Crippen molar-refractivity contribution in [1.82, 2.24) is 15.5 Å². The van der Waals surface area contributed by atoms with Gasteiger partial charge in [0.05, 0.1) is 33.5 Å². The van der Waals surface area contributed by atoms with Gasteiger partial charge in [-0.25, -0.2) is 0 Å². The predicted octanol–water partition coefficient (Wildman–Crippen LogP) is 1.53. The zero-order valence-corrected chi connectivity index (χ0v) is 17.9. The van der Waals surface area contributed by atoms with Crippen LogP contribution in [0.15, 0.2) is 29.3 Å². The highest BCUT2D eigenvalue weighted by Crippen LogP contribution is 2.22. The number of morpholine rings is 1. The lowest BCUT2D eigenvalue weighted by molar-refractivity contribution is 0.00368. The minimum atomic E-state index is 0.415. The van der Waals surface area contributed by atoms with Crippen molar-refractivity contribution in [2.75, 3.05) is 66.3 Å². The summed E-state index contributed by atoms with van der Waals surface area (Å²) in [5.74, 6) is 2.33. The van der Waals surface area contributed by atoms with Crippen molar-refractivity contribution in [1.29, 1.82) is 0 Å². The SMILES string of the molecule is CCNC(=NCC(C1CCOC1)N1CCOCC1)NCCc1ccc(OC)cc1. The molecule has 1 aromatic carbocycles. The summed E-state index contributed by atoms with van der Waals surface area (Å²) < 4.78 is 16.4. The molecule has 2 fully saturated rings. The smallest absolute Gasteiger partial charge is 0.191 e. The van der Waals surface area contributed by atoms with E-state index < -0.39 is 0 Å². The van der Waals surface area contributed by atoms with E-state index in [4.69, 9.17) is 19.2 Å². The fourth-order valence-electron chi connectivity index (χ4n) is 3.97. The Morgan fingerprint density at radius 1 is 1.17 bits per heavy atom. The quantitative estimate of drug-likeness (QED) is 0.481. The molecule has 0 radical (unpaired) electrons. The Kier molecular flexibility index (Phi) is 9.05. The predicted molar refractivity (Wildman–Crippen MR) is 116 cm³/mol. The molecule has 3 rings (SSSR count). The van der Waals surface area contributed by atoms with Gasteiger partial charge < -0.3 is 24.8 Å². The molecule has 1 aromatic rings. The van der Waals surface area contributed by atoms with Crippen LogP contribution in [0.2, 0.25) is 0 Å². The number of hydrogen-bond donors (Lipinski definition) is 2. The van der Waals surface area contributed by atoms with Crippen LogP contribution in [0.5, 0.6) is 5.75 Å². The van der Waals surface area contributed by atoms with Gasteiger partial charge in [-0.15, -0.1) is 0 Å². The lowest BCUT2D eigenvalue weighted by atomic mass is 9.97. The number of aliphatic imine (C=N–C) groups is 1. The molecule has 0 bridgehead atoms. The van der Waals surface area contributed by atoms with E-state index in [2.05, 4.69) is 34.6 Å². The van der Waals surface area contributed by atoms with Gasteiger partial charge in [-0.2, -0.15) is 0 Å². The van der Waals surface area contributed by atoms with Crippen molar-refractivity contribution in [3.8, 4) is 5.75 Å². The maximum Gasteiger partial charge on any atom is 0.191 e. The lowest BCUT2D eigenvalue weighted by Gasteiger charge is -2.36. The fraction of sp³-hybridized carbons (Fsp3) is 0.682. The monoisotopic (exact) mass is 404 g/mol. The average molecular weight is 405 g/mol. The second kappa shape index (κ2) is 12.0. The molecule has 7 heteroatoms. The highest BCUT2D eigenvalue weighted by atomic mass is 16.5. The summed E-state index contributed by atoms with van der Waals surface area (Å²) in [7, 11) is 1.69. The van der Waals surface area contributed by atoms with Crippen LogP contribution in [0.25, 0.3) is 0 Å². The van der Waals surface area contributed by atoms with Gasteiger partial charge in [-0.05, 0) is 37.5 Å². The number of rotatable bonds is 9. The Morgan fingerprint density at radius 2 is 1.97 bits per heavy atom. The Bertz CT molecular complexity index is 611. The molecule has 162 valence electrons. The summed E-state index contributed by atoms with van der Waals surface area (Å²) in [6.07, 6.45) is 2.07. The Morgan fingerprint density at radius 3 is 2.62 bits per heavy atom. The Balaban J connectivity index is 1.55. The summed E-state index contributed by atoms with van der Waals surface area (Å²) in [5.41, 5.74) is 1.28. The molecular formula is C22H36N4O3. The van der Waals surface area contributed by atoms with Crippen LogP contribution in [0.3, 0.4) is 0 Å². The first kappa shape index (κ1) is 21.9. The molecule has 2 unspecified atom stereocenters. The molecule has 0 aliphatic carbocycles. The molecule has 29 heavy (non-hydrogen) atoms. The first-order valence-corrected chi connectivity index (χ1v) is 10.8. The second-order valence-corrected chi connectivity index (χ2v) is 7.58. The maximum atomic E-state index is 5.67. The molecule has 2 N–H and O–H groups in total. The minimum absolute atomic E-state index is 0.415. The largest absolute Gasteiger partial charge is 0.497 e. The third kappa shape index (κ3) is 6.87. The summed E-state index contributed by atoms with van der Waals surface area (Å²) in [5, 5.41) is 6.86. The number of nitrogens with one attached hydrogen (secondary N) is 2. The van der Waals surface area contributed by atoms with Crippen molar-refractivity contribution in [3.05, 3.63) is 29.8 Å². The van der Waals surface area contributed by atoms with Gasteiger partial charge >= 0.3 is 0 Å². The maximum absolute atomic E-state index is 5.67. The summed E-state index contributed by atoms with van der Waals surface area (Å²) >= 11 is 0. The van der Waals surface area contributed by atoms with Crippen LogP contribution in [0, 0.1) is 5.92 Å². The Labute approximate surface area is 174 Å². The lowest BCUT2D eigenvalue weighted by Crippen LogP contribution is -2.49. The first-order chi connectivity index (χ1) is 14.3. The average Bonchev–Trinajstić information content (AvgIpc) is 3.30. The van der Waals surface area contributed by atoms with Gasteiger partial charge in [-0.1, -0.05) is 12.1 Å². The van der Waals surface area contributed by atoms with Gasteiger partial charge in [0.25, 0.3) is 0 Å². The van der Waals surface area contributed by atoms with E-state index >= 15 is 0 Å². The van der Waals surface area contributed by atoms with Crippen molar-refractivity contribution < 1.29 is 14.2 Å². The third-order valence-electron chi connectivity index (χ3n) is 5.67. The van der Waals surface area contributed by atoms with E-state index in [-0.39, 0.29) is 0 Å². The number of nitrogens with zero attached hydrogens (tertiary/aromatic N) is 2. The van der Waals surface area contributed by atoms with Gasteiger partial charge in [-0.3, -0.25) is 9.89 Å². The van der Waals surface area contributed by atoms with E-state index in [1.165, 1.54) is 5.56 Å². The van der Waals surface area contributed by atoms with E-state index in [9.17, 15) is 0 Å². The standard InChI is InChI=1S/C22H36N4O3/c1-3-23-22(24-10-8-18-4-6-20(27-2)7-5-18)25-16-21(19-9-13-29-17-19)26-11-14-28-15-12-26/h4-7,19,21H,3,8-17H2,1-2H3,(H2,23,24,25). The summed E-state index contributed by atoms with van der Waals surface area (Å²) in [6.45, 7) is 9.89. The van der Waals surface area contributed by atoms with Gasteiger partial charge in [0.15, 0.2) is 5.96 Å². The van der Waals surface area contributed by atoms with Crippen LogP contribution < -0.4 is 15.4 Å². The van der Waals surface area contributed by atoms with E-state index in [1.807, 2.05) is 12.1 Å².